The van der Waals surface area contributed by atoms with Gasteiger partial charge in [0, 0.05) is 6.08 Å². The average molecular weight is 146 g/mol. The fourth-order valence-electron chi connectivity index (χ4n) is 0.400. The van der Waals surface area contributed by atoms with E-state index in [1.54, 1.807) is 0 Å². The maximum atomic E-state index is 9.84. The minimum absolute atomic E-state index is 0.169. The molecule has 0 radical (unpaired) electrons. The molecule has 0 aromatic heterocycles. The lowest BCUT2D eigenvalue weighted by molar-refractivity contribution is -0.131. The van der Waals surface area contributed by atoms with Crippen molar-refractivity contribution in [1.82, 2.24) is 0 Å². The SMILES string of the molecule is O=C(O)C=CCC(O)CO. The molecule has 0 spiro atoms. The van der Waals surface area contributed by atoms with Crippen molar-refractivity contribution < 1.29 is 20.1 Å². The van der Waals surface area contributed by atoms with Gasteiger partial charge in [-0.05, 0) is 6.42 Å². The lowest BCUT2D eigenvalue weighted by atomic mass is 10.2. The maximum absolute atomic E-state index is 9.84. The minimum atomic E-state index is -1.05. The number of carboxylic acid groups (broad SMARTS) is 1. The molecule has 4 nitrogen and oxygen atoms in total. The van der Waals surface area contributed by atoms with E-state index in [0.717, 1.165) is 6.08 Å². The molecule has 58 valence electrons. The van der Waals surface area contributed by atoms with Gasteiger partial charge in [-0.2, -0.15) is 0 Å². The number of aliphatic carboxylic acids is 1. The van der Waals surface area contributed by atoms with E-state index >= 15 is 0 Å². The highest BCUT2D eigenvalue weighted by molar-refractivity contribution is 5.79. The fourth-order valence-corrected chi connectivity index (χ4v) is 0.400. The first-order chi connectivity index (χ1) is 4.66. The number of aliphatic hydroxyl groups excluding tert-OH is 2. The van der Waals surface area contributed by atoms with Gasteiger partial charge in [-0.15, -0.1) is 0 Å². The molecule has 0 aliphatic heterocycles. The first-order valence-corrected chi connectivity index (χ1v) is 2.85. The van der Waals surface area contributed by atoms with Crippen molar-refractivity contribution in [3.63, 3.8) is 0 Å². The Labute approximate surface area is 58.4 Å². The molecule has 1 atom stereocenters. The Morgan fingerprint density at radius 2 is 2.20 bits per heavy atom. The third-order valence-corrected chi connectivity index (χ3v) is 0.879. The molecule has 0 aliphatic carbocycles. The molecule has 0 saturated heterocycles. The predicted octanol–water partition coefficient (Wildman–Crippen LogP) is -0.629. The van der Waals surface area contributed by atoms with Crippen molar-refractivity contribution in [2.75, 3.05) is 6.61 Å². The van der Waals surface area contributed by atoms with Gasteiger partial charge in [-0.1, -0.05) is 6.08 Å². The van der Waals surface area contributed by atoms with E-state index in [9.17, 15) is 4.79 Å². The number of hydrogen-bond acceptors (Lipinski definition) is 3. The Morgan fingerprint density at radius 1 is 1.60 bits per heavy atom. The van der Waals surface area contributed by atoms with Gasteiger partial charge in [0.05, 0.1) is 12.7 Å². The summed E-state index contributed by atoms with van der Waals surface area (Å²) >= 11 is 0. The van der Waals surface area contributed by atoms with Crippen molar-refractivity contribution in [3.8, 4) is 0 Å². The normalized spacial score (nSPS) is 13.8. The Balaban J connectivity index is 3.43. The lowest BCUT2D eigenvalue weighted by Gasteiger charge is -1.99. The number of rotatable bonds is 4. The summed E-state index contributed by atoms with van der Waals surface area (Å²) in [6.45, 7) is -0.343. The van der Waals surface area contributed by atoms with Crippen LogP contribution in [0.4, 0.5) is 0 Å². The maximum Gasteiger partial charge on any atom is 0.327 e. The summed E-state index contributed by atoms with van der Waals surface area (Å²) in [6.07, 6.45) is 1.54. The second-order valence-corrected chi connectivity index (χ2v) is 1.81. The summed E-state index contributed by atoms with van der Waals surface area (Å²) in [5.41, 5.74) is 0. The van der Waals surface area contributed by atoms with Crippen molar-refractivity contribution in [1.29, 1.82) is 0 Å². The first kappa shape index (κ1) is 9.13. The molecule has 0 amide bonds. The molecule has 0 bridgehead atoms. The van der Waals surface area contributed by atoms with Crippen molar-refractivity contribution in [2.45, 2.75) is 12.5 Å². The van der Waals surface area contributed by atoms with Gasteiger partial charge in [-0.25, -0.2) is 4.79 Å². The van der Waals surface area contributed by atoms with Gasteiger partial charge < -0.3 is 15.3 Å². The van der Waals surface area contributed by atoms with Gasteiger partial charge in [0.15, 0.2) is 0 Å². The van der Waals surface area contributed by atoms with E-state index in [1.807, 2.05) is 0 Å². The molecule has 10 heavy (non-hydrogen) atoms. The highest BCUT2D eigenvalue weighted by atomic mass is 16.4. The van der Waals surface area contributed by atoms with Crippen LogP contribution in [0.5, 0.6) is 0 Å². The lowest BCUT2D eigenvalue weighted by Crippen LogP contribution is -2.09. The first-order valence-electron chi connectivity index (χ1n) is 2.85. The van der Waals surface area contributed by atoms with Gasteiger partial charge in [0.25, 0.3) is 0 Å². The molecule has 0 aromatic carbocycles. The van der Waals surface area contributed by atoms with E-state index in [4.69, 9.17) is 15.3 Å². The number of hydrogen-bond donors (Lipinski definition) is 3. The second kappa shape index (κ2) is 4.96. The van der Waals surface area contributed by atoms with Crippen LogP contribution in [-0.4, -0.2) is 34.0 Å². The molecule has 1 unspecified atom stereocenters. The molecule has 0 fully saturated rings. The summed E-state index contributed by atoms with van der Waals surface area (Å²) in [6, 6.07) is 0. The Kier molecular flexibility index (Phi) is 4.53. The van der Waals surface area contributed by atoms with Crippen LogP contribution in [0, 0.1) is 0 Å². The van der Waals surface area contributed by atoms with Crippen molar-refractivity contribution in [3.05, 3.63) is 12.2 Å². The summed E-state index contributed by atoms with van der Waals surface area (Å²) in [5.74, 6) is -1.05. The number of carbonyl (C=O) groups is 1. The standard InChI is InChI=1S/C6H10O4/c7-4-5(8)2-1-3-6(9)10/h1,3,5,7-8H,2,4H2,(H,9,10). The largest absolute Gasteiger partial charge is 0.478 e. The van der Waals surface area contributed by atoms with Crippen LogP contribution in [0.25, 0.3) is 0 Å². The van der Waals surface area contributed by atoms with E-state index in [1.165, 1.54) is 6.08 Å². The summed E-state index contributed by atoms with van der Waals surface area (Å²) in [5, 5.41) is 25.0. The highest BCUT2D eigenvalue weighted by Crippen LogP contribution is 1.90. The monoisotopic (exact) mass is 146 g/mol. The Hall–Kier alpha value is -0.870. The molecule has 0 rings (SSSR count). The molecule has 3 N–H and O–H groups in total. The zero-order valence-electron chi connectivity index (χ0n) is 5.40. The second-order valence-electron chi connectivity index (χ2n) is 1.81. The molecule has 0 heterocycles. The van der Waals surface area contributed by atoms with E-state index < -0.39 is 12.1 Å². The van der Waals surface area contributed by atoms with Crippen LogP contribution in [0.15, 0.2) is 12.2 Å². The Bertz CT molecular complexity index is 130. The molecule has 0 aromatic rings. The highest BCUT2D eigenvalue weighted by Gasteiger charge is 1.96. The van der Waals surface area contributed by atoms with Gasteiger partial charge in [0.2, 0.25) is 0 Å². The zero-order chi connectivity index (χ0) is 7.98. The predicted molar refractivity (Wildman–Crippen MR) is 34.5 cm³/mol. The average Bonchev–Trinajstić information content (AvgIpc) is 1.87. The number of aliphatic hydroxyl groups is 2. The summed E-state index contributed by atoms with van der Waals surface area (Å²) in [4.78, 5) is 9.84. The third-order valence-electron chi connectivity index (χ3n) is 0.879. The van der Waals surface area contributed by atoms with Crippen LogP contribution >= 0.6 is 0 Å². The van der Waals surface area contributed by atoms with Crippen LogP contribution in [0.1, 0.15) is 6.42 Å². The van der Waals surface area contributed by atoms with Gasteiger partial charge >= 0.3 is 5.97 Å². The van der Waals surface area contributed by atoms with Crippen LogP contribution in [-0.2, 0) is 4.79 Å². The van der Waals surface area contributed by atoms with E-state index in [2.05, 4.69) is 0 Å². The van der Waals surface area contributed by atoms with E-state index in [-0.39, 0.29) is 13.0 Å². The molecular weight excluding hydrogens is 136 g/mol. The van der Waals surface area contributed by atoms with Crippen LogP contribution in [0.2, 0.25) is 0 Å². The van der Waals surface area contributed by atoms with E-state index in [0.29, 0.717) is 0 Å². The third kappa shape index (κ3) is 5.27. The van der Waals surface area contributed by atoms with Crippen molar-refractivity contribution in [2.24, 2.45) is 0 Å². The molecule has 4 heteroatoms. The molecule has 0 aliphatic rings. The molecule has 0 saturated carbocycles. The fraction of sp³-hybridized carbons (Fsp3) is 0.500. The summed E-state index contributed by atoms with van der Waals surface area (Å²) < 4.78 is 0. The topological polar surface area (TPSA) is 77.8 Å². The minimum Gasteiger partial charge on any atom is -0.478 e. The van der Waals surface area contributed by atoms with Gasteiger partial charge in [0.1, 0.15) is 0 Å². The van der Waals surface area contributed by atoms with Crippen molar-refractivity contribution >= 4 is 5.97 Å². The van der Waals surface area contributed by atoms with Crippen LogP contribution in [0.3, 0.4) is 0 Å². The molecular formula is C6H10O4. The Morgan fingerprint density at radius 3 is 2.60 bits per heavy atom. The quantitative estimate of drug-likeness (QED) is 0.461. The van der Waals surface area contributed by atoms with Gasteiger partial charge in [-0.3, -0.25) is 0 Å². The van der Waals surface area contributed by atoms with Crippen LogP contribution < -0.4 is 0 Å². The smallest absolute Gasteiger partial charge is 0.327 e. The number of carboxylic acids is 1. The summed E-state index contributed by atoms with van der Waals surface area (Å²) in [7, 11) is 0. The zero-order valence-corrected chi connectivity index (χ0v) is 5.40.